The van der Waals surface area contributed by atoms with Crippen LogP contribution in [0.15, 0.2) is 53.4 Å². The Morgan fingerprint density at radius 2 is 1.72 bits per heavy atom. The van der Waals surface area contributed by atoms with Crippen molar-refractivity contribution in [3.8, 4) is 5.75 Å². The van der Waals surface area contributed by atoms with Crippen LogP contribution in [-0.2, 0) is 14.8 Å². The van der Waals surface area contributed by atoms with Crippen LogP contribution in [0.4, 0.5) is 0 Å². The van der Waals surface area contributed by atoms with Crippen LogP contribution in [-0.4, -0.2) is 40.9 Å². The average molecular weight is 363 g/mol. The number of sulfonamides is 1. The van der Waals surface area contributed by atoms with Crippen LogP contribution < -0.4 is 9.46 Å². The lowest BCUT2D eigenvalue weighted by atomic mass is 10.1. The Labute approximate surface area is 145 Å². The van der Waals surface area contributed by atoms with Crippen molar-refractivity contribution in [3.05, 3.63) is 59.7 Å². The number of esters is 1. The molecule has 0 saturated carbocycles. The lowest BCUT2D eigenvalue weighted by Gasteiger charge is -2.07. The molecule has 1 N–H and O–H groups in total. The highest BCUT2D eigenvalue weighted by molar-refractivity contribution is 7.89. The number of benzene rings is 2. The van der Waals surface area contributed by atoms with Gasteiger partial charge in [0.15, 0.2) is 12.4 Å². The van der Waals surface area contributed by atoms with E-state index in [2.05, 4.69) is 4.72 Å². The van der Waals surface area contributed by atoms with Gasteiger partial charge in [-0.3, -0.25) is 4.79 Å². The summed E-state index contributed by atoms with van der Waals surface area (Å²) in [6.45, 7) is -0.463. The first kappa shape index (κ1) is 18.6. The molecule has 0 radical (unpaired) electrons. The molecule has 25 heavy (non-hydrogen) atoms. The molecule has 2 aromatic rings. The summed E-state index contributed by atoms with van der Waals surface area (Å²) in [5, 5.41) is 0. The number of carbonyl (C=O) groups is 2. The lowest BCUT2D eigenvalue weighted by Crippen LogP contribution is -2.19. The van der Waals surface area contributed by atoms with Crippen molar-refractivity contribution in [2.45, 2.75) is 4.90 Å². The predicted molar refractivity (Wildman–Crippen MR) is 90.3 cm³/mol. The molecule has 0 heterocycles. The van der Waals surface area contributed by atoms with Crippen molar-refractivity contribution in [1.82, 2.24) is 4.72 Å². The molecule has 7 nitrogen and oxygen atoms in total. The van der Waals surface area contributed by atoms with Gasteiger partial charge in [-0.15, -0.1) is 0 Å². The van der Waals surface area contributed by atoms with E-state index in [0.717, 1.165) is 0 Å². The van der Waals surface area contributed by atoms with Crippen LogP contribution >= 0.6 is 0 Å². The molecule has 0 atom stereocenters. The summed E-state index contributed by atoms with van der Waals surface area (Å²) in [5.41, 5.74) is 0.383. The van der Waals surface area contributed by atoms with Gasteiger partial charge in [-0.2, -0.15) is 0 Å². The van der Waals surface area contributed by atoms with Gasteiger partial charge in [0.2, 0.25) is 10.0 Å². The summed E-state index contributed by atoms with van der Waals surface area (Å²) < 4.78 is 35.7. The van der Waals surface area contributed by atoms with Gasteiger partial charge in [-0.05, 0) is 37.4 Å². The Morgan fingerprint density at radius 1 is 1.04 bits per heavy atom. The standard InChI is InChI=1S/C17H17NO6S/c1-18-25(21,22)15-8-4-6-13(10-15)17(20)24-11-16(19)12-5-3-7-14(9-12)23-2/h3-10,18H,11H2,1-2H3. The van der Waals surface area contributed by atoms with Crippen LogP contribution in [0.5, 0.6) is 5.75 Å². The summed E-state index contributed by atoms with van der Waals surface area (Å²) in [6, 6.07) is 11.8. The quantitative estimate of drug-likeness (QED) is 0.593. The fourth-order valence-electron chi connectivity index (χ4n) is 2.00. The van der Waals surface area contributed by atoms with Gasteiger partial charge in [-0.1, -0.05) is 18.2 Å². The molecule has 8 heteroatoms. The lowest BCUT2D eigenvalue weighted by molar-refractivity contribution is 0.0474. The van der Waals surface area contributed by atoms with Crippen molar-refractivity contribution in [2.24, 2.45) is 0 Å². The molecule has 0 bridgehead atoms. The van der Waals surface area contributed by atoms with Gasteiger partial charge in [0.25, 0.3) is 0 Å². The van der Waals surface area contributed by atoms with E-state index in [1.165, 1.54) is 44.5 Å². The Morgan fingerprint density at radius 3 is 2.40 bits per heavy atom. The topological polar surface area (TPSA) is 98.8 Å². The first-order valence-corrected chi connectivity index (χ1v) is 8.73. The van der Waals surface area contributed by atoms with Gasteiger partial charge >= 0.3 is 5.97 Å². The van der Waals surface area contributed by atoms with Crippen molar-refractivity contribution in [3.63, 3.8) is 0 Å². The highest BCUT2D eigenvalue weighted by Gasteiger charge is 2.16. The maximum Gasteiger partial charge on any atom is 0.338 e. The number of carbonyl (C=O) groups excluding carboxylic acids is 2. The minimum Gasteiger partial charge on any atom is -0.497 e. The molecule has 0 saturated heterocycles. The SMILES string of the molecule is CNS(=O)(=O)c1cccc(C(=O)OCC(=O)c2cccc(OC)c2)c1. The third-order valence-corrected chi connectivity index (χ3v) is 4.79. The smallest absolute Gasteiger partial charge is 0.338 e. The van der Waals surface area contributed by atoms with Crippen LogP contribution in [0.25, 0.3) is 0 Å². The third kappa shape index (κ3) is 4.65. The number of rotatable bonds is 7. The average Bonchev–Trinajstić information content (AvgIpc) is 2.65. The molecular weight excluding hydrogens is 346 g/mol. The van der Waals surface area contributed by atoms with E-state index in [9.17, 15) is 18.0 Å². The highest BCUT2D eigenvalue weighted by atomic mass is 32.2. The Balaban J connectivity index is 2.07. The first-order chi connectivity index (χ1) is 11.9. The monoisotopic (exact) mass is 363 g/mol. The molecule has 0 unspecified atom stereocenters. The van der Waals surface area contributed by atoms with Crippen molar-refractivity contribution >= 4 is 21.8 Å². The van der Waals surface area contributed by atoms with E-state index < -0.39 is 28.4 Å². The van der Waals surface area contributed by atoms with Gasteiger partial charge in [0.05, 0.1) is 17.6 Å². The van der Waals surface area contributed by atoms with E-state index in [0.29, 0.717) is 11.3 Å². The summed E-state index contributed by atoms with van der Waals surface area (Å²) >= 11 is 0. The van der Waals surface area contributed by atoms with Gasteiger partial charge in [0.1, 0.15) is 5.75 Å². The fourth-order valence-corrected chi connectivity index (χ4v) is 2.78. The van der Waals surface area contributed by atoms with Crippen molar-refractivity contribution in [1.29, 1.82) is 0 Å². The zero-order chi connectivity index (χ0) is 18.4. The first-order valence-electron chi connectivity index (χ1n) is 7.25. The number of ether oxygens (including phenoxy) is 2. The molecule has 0 aliphatic heterocycles. The zero-order valence-corrected chi connectivity index (χ0v) is 14.5. The number of hydrogen-bond donors (Lipinski definition) is 1. The van der Waals surface area contributed by atoms with Crippen LogP contribution in [0.2, 0.25) is 0 Å². The highest BCUT2D eigenvalue weighted by Crippen LogP contribution is 2.14. The van der Waals surface area contributed by atoms with Crippen LogP contribution in [0.1, 0.15) is 20.7 Å². The molecule has 0 aliphatic carbocycles. The second-order valence-electron chi connectivity index (χ2n) is 4.97. The maximum atomic E-state index is 12.1. The fraction of sp³-hybridized carbons (Fsp3) is 0.176. The van der Waals surface area contributed by atoms with E-state index >= 15 is 0 Å². The Kier molecular flexibility index (Phi) is 5.89. The van der Waals surface area contributed by atoms with Crippen molar-refractivity contribution in [2.75, 3.05) is 20.8 Å². The van der Waals surface area contributed by atoms with E-state index in [4.69, 9.17) is 9.47 Å². The third-order valence-electron chi connectivity index (χ3n) is 3.37. The molecule has 0 amide bonds. The number of nitrogens with one attached hydrogen (secondary N) is 1. The molecule has 0 aliphatic rings. The van der Waals surface area contributed by atoms with E-state index in [1.54, 1.807) is 18.2 Å². The molecular formula is C17H17NO6S. The molecule has 0 fully saturated rings. The van der Waals surface area contributed by atoms with Crippen LogP contribution in [0, 0.1) is 0 Å². The largest absolute Gasteiger partial charge is 0.497 e. The molecule has 2 aromatic carbocycles. The van der Waals surface area contributed by atoms with E-state index in [1.807, 2.05) is 0 Å². The minimum absolute atomic E-state index is 0.0368. The predicted octanol–water partition coefficient (Wildman–Crippen LogP) is 1.64. The second kappa shape index (κ2) is 7.91. The molecule has 0 aromatic heterocycles. The number of methoxy groups -OCH3 is 1. The maximum absolute atomic E-state index is 12.1. The van der Waals surface area contributed by atoms with Crippen LogP contribution in [0.3, 0.4) is 0 Å². The zero-order valence-electron chi connectivity index (χ0n) is 13.7. The number of hydrogen-bond acceptors (Lipinski definition) is 6. The van der Waals surface area contributed by atoms with Crippen molar-refractivity contribution < 1.29 is 27.5 Å². The minimum atomic E-state index is -3.67. The Bertz CT molecular complexity index is 892. The second-order valence-corrected chi connectivity index (χ2v) is 6.85. The van der Waals surface area contributed by atoms with Gasteiger partial charge in [-0.25, -0.2) is 17.9 Å². The molecule has 132 valence electrons. The van der Waals surface area contributed by atoms with Gasteiger partial charge in [0, 0.05) is 5.56 Å². The number of Topliss-reactive ketones (excluding diaryl/α,β-unsaturated/α-hetero) is 1. The summed E-state index contributed by atoms with van der Waals surface area (Å²) in [6.07, 6.45) is 0. The number of ketones is 1. The van der Waals surface area contributed by atoms with Gasteiger partial charge < -0.3 is 9.47 Å². The normalized spacial score (nSPS) is 11.0. The van der Waals surface area contributed by atoms with E-state index in [-0.39, 0.29) is 10.5 Å². The summed E-state index contributed by atoms with van der Waals surface area (Å²) in [4.78, 5) is 24.1. The summed E-state index contributed by atoms with van der Waals surface area (Å²) in [5.74, 6) is -0.669. The summed E-state index contributed by atoms with van der Waals surface area (Å²) in [7, 11) is -0.922. The molecule has 0 spiro atoms. The Hall–Kier alpha value is -2.71. The molecule has 2 rings (SSSR count).